The second-order valence-electron chi connectivity index (χ2n) is 5.91. The standard InChI is InChI=1S/C19H22N2O3/c1-14(15-6-4-3-5-7-15)21(2)13-19(22)20-16-8-9-17-18(12-16)24-11-10-23-17/h3-9,12,14H,10-11,13H2,1-2H3,(H,20,22)/t14-/m1/s1. The molecule has 0 spiro atoms. The average Bonchev–Trinajstić information content (AvgIpc) is 2.61. The van der Waals surface area contributed by atoms with Crippen LogP contribution in [0.5, 0.6) is 11.5 Å². The largest absolute Gasteiger partial charge is 0.486 e. The van der Waals surface area contributed by atoms with Crippen molar-refractivity contribution >= 4 is 11.6 Å². The Balaban J connectivity index is 1.59. The van der Waals surface area contributed by atoms with E-state index in [9.17, 15) is 4.79 Å². The average molecular weight is 326 g/mol. The SMILES string of the molecule is C[C@H](c1ccccc1)N(C)CC(=O)Nc1ccc2c(c1)OCCO2. The van der Waals surface area contributed by atoms with E-state index in [0.717, 1.165) is 0 Å². The number of benzene rings is 2. The fraction of sp³-hybridized carbons (Fsp3) is 0.316. The summed E-state index contributed by atoms with van der Waals surface area (Å²) in [5, 5.41) is 2.91. The van der Waals surface area contributed by atoms with Crippen LogP contribution >= 0.6 is 0 Å². The zero-order chi connectivity index (χ0) is 16.9. The number of hydrogen-bond donors (Lipinski definition) is 1. The summed E-state index contributed by atoms with van der Waals surface area (Å²) in [6, 6.07) is 15.8. The summed E-state index contributed by atoms with van der Waals surface area (Å²) in [6.45, 7) is 3.49. The Morgan fingerprint density at radius 2 is 1.83 bits per heavy atom. The van der Waals surface area contributed by atoms with E-state index in [1.807, 2.05) is 42.3 Å². The lowest BCUT2D eigenvalue weighted by Crippen LogP contribution is -2.32. The minimum absolute atomic E-state index is 0.0584. The van der Waals surface area contributed by atoms with Crippen molar-refractivity contribution in [2.45, 2.75) is 13.0 Å². The van der Waals surface area contributed by atoms with Crippen LogP contribution in [0.1, 0.15) is 18.5 Å². The molecule has 126 valence electrons. The highest BCUT2D eigenvalue weighted by atomic mass is 16.6. The molecule has 0 saturated carbocycles. The van der Waals surface area contributed by atoms with E-state index in [1.54, 1.807) is 6.07 Å². The van der Waals surface area contributed by atoms with Crippen LogP contribution in [0.4, 0.5) is 5.69 Å². The van der Waals surface area contributed by atoms with E-state index in [0.29, 0.717) is 36.9 Å². The molecular formula is C19H22N2O3. The van der Waals surface area contributed by atoms with Gasteiger partial charge in [0.25, 0.3) is 0 Å². The molecule has 2 aromatic rings. The molecule has 0 unspecified atom stereocenters. The Hall–Kier alpha value is -2.53. The van der Waals surface area contributed by atoms with Crippen molar-refractivity contribution in [3.05, 3.63) is 54.1 Å². The molecule has 0 aromatic heterocycles. The minimum Gasteiger partial charge on any atom is -0.486 e. The second-order valence-corrected chi connectivity index (χ2v) is 5.91. The number of amides is 1. The van der Waals surface area contributed by atoms with Gasteiger partial charge in [-0.15, -0.1) is 0 Å². The third-order valence-electron chi connectivity index (χ3n) is 4.16. The van der Waals surface area contributed by atoms with Crippen LogP contribution in [0.15, 0.2) is 48.5 Å². The summed E-state index contributed by atoms with van der Waals surface area (Å²) in [6.07, 6.45) is 0. The molecule has 1 atom stereocenters. The molecule has 1 aliphatic heterocycles. The van der Waals surface area contributed by atoms with Gasteiger partial charge in [-0.05, 0) is 31.7 Å². The van der Waals surface area contributed by atoms with Crippen molar-refractivity contribution in [1.82, 2.24) is 4.90 Å². The molecule has 1 N–H and O–H groups in total. The van der Waals surface area contributed by atoms with Gasteiger partial charge in [0.2, 0.25) is 5.91 Å². The van der Waals surface area contributed by atoms with Gasteiger partial charge in [-0.2, -0.15) is 0 Å². The molecule has 0 fully saturated rings. The first-order valence-corrected chi connectivity index (χ1v) is 8.08. The van der Waals surface area contributed by atoms with Gasteiger partial charge >= 0.3 is 0 Å². The van der Waals surface area contributed by atoms with Crippen molar-refractivity contribution in [2.75, 3.05) is 32.1 Å². The molecular weight excluding hydrogens is 304 g/mol. The molecule has 0 radical (unpaired) electrons. The van der Waals surface area contributed by atoms with Gasteiger partial charge in [0.1, 0.15) is 13.2 Å². The first kappa shape index (κ1) is 16.3. The maximum absolute atomic E-state index is 12.3. The van der Waals surface area contributed by atoms with Crippen LogP contribution in [-0.4, -0.2) is 37.6 Å². The van der Waals surface area contributed by atoms with Gasteiger partial charge < -0.3 is 14.8 Å². The molecule has 0 bridgehead atoms. The number of ether oxygens (including phenoxy) is 2. The van der Waals surface area contributed by atoms with Gasteiger partial charge in [-0.25, -0.2) is 0 Å². The Labute approximate surface area is 142 Å². The summed E-state index contributed by atoms with van der Waals surface area (Å²) >= 11 is 0. The minimum atomic E-state index is -0.0584. The number of rotatable bonds is 5. The van der Waals surface area contributed by atoms with Crippen molar-refractivity contribution in [1.29, 1.82) is 0 Å². The van der Waals surface area contributed by atoms with Gasteiger partial charge in [0.15, 0.2) is 11.5 Å². The summed E-state index contributed by atoms with van der Waals surface area (Å²) in [7, 11) is 1.95. The number of likely N-dealkylation sites (N-methyl/N-ethyl adjacent to an activating group) is 1. The fourth-order valence-electron chi connectivity index (χ4n) is 2.67. The normalized spacial score (nSPS) is 14.3. The molecule has 1 aliphatic rings. The Kier molecular flexibility index (Phi) is 5.01. The fourth-order valence-corrected chi connectivity index (χ4v) is 2.67. The molecule has 2 aromatic carbocycles. The number of fused-ring (bicyclic) bond motifs is 1. The molecule has 24 heavy (non-hydrogen) atoms. The van der Waals surface area contributed by atoms with Gasteiger partial charge in [0.05, 0.1) is 6.54 Å². The topological polar surface area (TPSA) is 50.8 Å². The second kappa shape index (κ2) is 7.36. The molecule has 1 heterocycles. The van der Waals surface area contributed by atoms with E-state index in [2.05, 4.69) is 24.4 Å². The highest BCUT2D eigenvalue weighted by Gasteiger charge is 2.16. The monoisotopic (exact) mass is 326 g/mol. The third-order valence-corrected chi connectivity index (χ3v) is 4.16. The lowest BCUT2D eigenvalue weighted by molar-refractivity contribution is -0.117. The first-order chi connectivity index (χ1) is 11.6. The van der Waals surface area contributed by atoms with E-state index in [-0.39, 0.29) is 11.9 Å². The number of hydrogen-bond acceptors (Lipinski definition) is 4. The van der Waals surface area contributed by atoms with Crippen LogP contribution in [0.3, 0.4) is 0 Å². The lowest BCUT2D eigenvalue weighted by Gasteiger charge is -2.24. The van der Waals surface area contributed by atoms with Crippen LogP contribution in [0.25, 0.3) is 0 Å². The van der Waals surface area contributed by atoms with Crippen LogP contribution in [0, 0.1) is 0 Å². The molecule has 3 rings (SSSR count). The maximum atomic E-state index is 12.3. The number of nitrogens with zero attached hydrogens (tertiary/aromatic N) is 1. The van der Waals surface area contributed by atoms with Crippen molar-refractivity contribution < 1.29 is 14.3 Å². The first-order valence-electron chi connectivity index (χ1n) is 8.08. The Morgan fingerprint density at radius 1 is 1.12 bits per heavy atom. The molecule has 0 saturated heterocycles. The Morgan fingerprint density at radius 3 is 2.58 bits per heavy atom. The predicted molar refractivity (Wildman–Crippen MR) is 93.5 cm³/mol. The molecule has 5 nitrogen and oxygen atoms in total. The Bertz CT molecular complexity index is 703. The smallest absolute Gasteiger partial charge is 0.238 e. The molecule has 0 aliphatic carbocycles. The van der Waals surface area contributed by atoms with E-state index in [4.69, 9.17) is 9.47 Å². The molecule has 1 amide bonds. The predicted octanol–water partition coefficient (Wildman–Crippen LogP) is 3.09. The van der Waals surface area contributed by atoms with E-state index >= 15 is 0 Å². The number of nitrogens with one attached hydrogen (secondary N) is 1. The zero-order valence-corrected chi connectivity index (χ0v) is 14.0. The number of anilines is 1. The summed E-state index contributed by atoms with van der Waals surface area (Å²) < 4.78 is 11.0. The van der Waals surface area contributed by atoms with E-state index in [1.165, 1.54) is 5.56 Å². The maximum Gasteiger partial charge on any atom is 0.238 e. The van der Waals surface area contributed by atoms with Crippen LogP contribution in [-0.2, 0) is 4.79 Å². The highest BCUT2D eigenvalue weighted by molar-refractivity contribution is 5.92. The van der Waals surface area contributed by atoms with Gasteiger partial charge in [0, 0.05) is 17.8 Å². The van der Waals surface area contributed by atoms with E-state index < -0.39 is 0 Å². The molecule has 5 heteroatoms. The van der Waals surface area contributed by atoms with Gasteiger partial charge in [-0.3, -0.25) is 9.69 Å². The van der Waals surface area contributed by atoms with Crippen LogP contribution in [0.2, 0.25) is 0 Å². The summed E-state index contributed by atoms with van der Waals surface area (Å²) in [5.74, 6) is 1.33. The van der Waals surface area contributed by atoms with Gasteiger partial charge in [-0.1, -0.05) is 30.3 Å². The lowest BCUT2D eigenvalue weighted by atomic mass is 10.1. The van der Waals surface area contributed by atoms with Crippen molar-refractivity contribution in [3.8, 4) is 11.5 Å². The summed E-state index contributed by atoms with van der Waals surface area (Å²) in [4.78, 5) is 14.3. The quantitative estimate of drug-likeness (QED) is 0.917. The number of carbonyl (C=O) groups is 1. The van der Waals surface area contributed by atoms with Crippen molar-refractivity contribution in [2.24, 2.45) is 0 Å². The van der Waals surface area contributed by atoms with Crippen molar-refractivity contribution in [3.63, 3.8) is 0 Å². The third kappa shape index (κ3) is 3.86. The van der Waals surface area contributed by atoms with Crippen LogP contribution < -0.4 is 14.8 Å². The summed E-state index contributed by atoms with van der Waals surface area (Å²) in [5.41, 5.74) is 1.90. The number of carbonyl (C=O) groups excluding carboxylic acids is 1. The highest BCUT2D eigenvalue weighted by Crippen LogP contribution is 2.32. The zero-order valence-electron chi connectivity index (χ0n) is 14.0.